The van der Waals surface area contributed by atoms with E-state index in [0.717, 1.165) is 22.1 Å². The monoisotopic (exact) mass is 448 g/mol. The number of aromatic nitrogens is 1. The second-order valence-corrected chi connectivity index (χ2v) is 10.3. The minimum Gasteiger partial charge on any atom is -0.497 e. The van der Waals surface area contributed by atoms with Gasteiger partial charge in [0.2, 0.25) is 0 Å². The molecule has 1 aliphatic rings. The first kappa shape index (κ1) is 20.2. The molecule has 1 saturated heterocycles. The van der Waals surface area contributed by atoms with E-state index in [-0.39, 0.29) is 9.92 Å². The summed E-state index contributed by atoms with van der Waals surface area (Å²) in [4.78, 5) is 7.15. The zero-order valence-electron chi connectivity index (χ0n) is 15.9. The topological polar surface area (TPSA) is 59.5 Å². The molecule has 4 rings (SSSR count). The fourth-order valence-electron chi connectivity index (χ4n) is 3.54. The van der Waals surface area contributed by atoms with Crippen molar-refractivity contribution in [2.75, 3.05) is 25.1 Å². The lowest BCUT2D eigenvalue weighted by atomic mass is 10.1. The van der Waals surface area contributed by atoms with Crippen LogP contribution in [-0.2, 0) is 9.84 Å². The summed E-state index contributed by atoms with van der Waals surface area (Å²) < 4.78 is 31.2. The average Bonchev–Trinajstić information content (AvgIpc) is 3.24. The van der Waals surface area contributed by atoms with E-state index < -0.39 is 15.1 Å². The average molecular weight is 449 g/mol. The fourth-order valence-corrected chi connectivity index (χ4v) is 6.68. The van der Waals surface area contributed by atoms with Crippen LogP contribution in [0.3, 0.4) is 0 Å². The maximum absolute atomic E-state index is 13.0. The largest absolute Gasteiger partial charge is 0.497 e. The Morgan fingerprint density at radius 3 is 2.62 bits per heavy atom. The maximum Gasteiger partial charge on any atom is 0.185 e. The van der Waals surface area contributed by atoms with Gasteiger partial charge in [0, 0.05) is 24.0 Å². The van der Waals surface area contributed by atoms with Crippen LogP contribution in [0.25, 0.3) is 11.3 Å². The van der Waals surface area contributed by atoms with Gasteiger partial charge in [-0.3, -0.25) is 0 Å². The van der Waals surface area contributed by atoms with E-state index in [1.165, 1.54) is 0 Å². The number of hydrogen-bond acceptors (Lipinski definition) is 6. The summed E-state index contributed by atoms with van der Waals surface area (Å²) in [5, 5.41) is 2.81. The van der Waals surface area contributed by atoms with Crippen LogP contribution in [0.5, 0.6) is 5.75 Å². The summed E-state index contributed by atoms with van der Waals surface area (Å²) in [6, 6.07) is 14.5. The minimum absolute atomic E-state index is 0.231. The lowest BCUT2D eigenvalue weighted by molar-refractivity contribution is 0.415. The van der Waals surface area contributed by atoms with Crippen molar-refractivity contribution in [3.8, 4) is 17.0 Å². The Bertz CT molecular complexity index is 1110. The van der Waals surface area contributed by atoms with Crippen molar-refractivity contribution in [3.05, 3.63) is 58.9 Å². The van der Waals surface area contributed by atoms with Crippen molar-refractivity contribution in [1.82, 2.24) is 4.98 Å². The van der Waals surface area contributed by atoms with Gasteiger partial charge in [0.15, 0.2) is 15.0 Å². The summed E-state index contributed by atoms with van der Waals surface area (Å²) in [7, 11) is -1.79. The van der Waals surface area contributed by atoms with Crippen molar-refractivity contribution in [3.63, 3.8) is 0 Å². The summed E-state index contributed by atoms with van der Waals surface area (Å²) in [5.74, 6) is 0.794. The van der Waals surface area contributed by atoms with E-state index in [9.17, 15) is 8.42 Å². The van der Waals surface area contributed by atoms with Crippen molar-refractivity contribution >= 4 is 37.9 Å². The minimum atomic E-state index is -3.43. The summed E-state index contributed by atoms with van der Waals surface area (Å²) >= 11 is 7.70. The standard InChI is InChI=1S/C21H21ClN2O3S2/c1-27-16-6-4-5-15(13-16)19-14-28-21(23-19)24-11-9-17(10-12-24)29(25,26)20-8-3-2-7-18(20)22/h2-8,13-14,17H,9-12H2,1H3. The number of thiazole rings is 1. The van der Waals surface area contributed by atoms with Gasteiger partial charge in [0.1, 0.15) is 5.75 Å². The zero-order chi connectivity index (χ0) is 20.4. The molecule has 3 aromatic rings. The number of piperidine rings is 1. The van der Waals surface area contributed by atoms with E-state index in [1.807, 2.05) is 29.6 Å². The number of rotatable bonds is 5. The molecule has 0 radical (unpaired) electrons. The highest BCUT2D eigenvalue weighted by Gasteiger charge is 2.33. The number of anilines is 1. The predicted molar refractivity (Wildman–Crippen MR) is 118 cm³/mol. The molecule has 5 nitrogen and oxygen atoms in total. The quantitative estimate of drug-likeness (QED) is 0.554. The zero-order valence-corrected chi connectivity index (χ0v) is 18.3. The first-order chi connectivity index (χ1) is 14.0. The summed E-state index contributed by atoms with van der Waals surface area (Å²) in [5.41, 5.74) is 1.90. The van der Waals surface area contributed by atoms with Crippen molar-refractivity contribution in [2.24, 2.45) is 0 Å². The Morgan fingerprint density at radius 1 is 1.14 bits per heavy atom. The van der Waals surface area contributed by atoms with E-state index in [1.54, 1.807) is 42.7 Å². The second kappa shape index (κ2) is 8.34. The number of hydrogen-bond donors (Lipinski definition) is 0. The number of sulfone groups is 1. The molecule has 8 heteroatoms. The highest BCUT2D eigenvalue weighted by molar-refractivity contribution is 7.92. The van der Waals surface area contributed by atoms with Crippen LogP contribution in [0, 0.1) is 0 Å². The van der Waals surface area contributed by atoms with Gasteiger partial charge in [-0.05, 0) is 37.1 Å². The molecule has 0 amide bonds. The Balaban J connectivity index is 1.46. The Kier molecular flexibility index (Phi) is 5.81. The van der Waals surface area contributed by atoms with Gasteiger partial charge in [0.25, 0.3) is 0 Å². The second-order valence-electron chi connectivity index (χ2n) is 6.91. The van der Waals surface area contributed by atoms with Crippen molar-refractivity contribution in [1.29, 1.82) is 0 Å². The Hall–Kier alpha value is -2.09. The van der Waals surface area contributed by atoms with Crippen LogP contribution < -0.4 is 9.64 Å². The van der Waals surface area contributed by atoms with Crippen LogP contribution >= 0.6 is 22.9 Å². The first-order valence-electron chi connectivity index (χ1n) is 9.32. The third kappa shape index (κ3) is 4.13. The molecule has 29 heavy (non-hydrogen) atoms. The van der Waals surface area contributed by atoms with E-state index in [2.05, 4.69) is 4.90 Å². The normalized spacial score (nSPS) is 15.4. The molecule has 0 atom stereocenters. The summed E-state index contributed by atoms with van der Waals surface area (Å²) in [6.07, 6.45) is 1.11. The third-order valence-electron chi connectivity index (χ3n) is 5.15. The molecule has 0 spiro atoms. The van der Waals surface area contributed by atoms with E-state index >= 15 is 0 Å². The van der Waals surface area contributed by atoms with Crippen LogP contribution in [0.1, 0.15) is 12.8 Å². The fraction of sp³-hybridized carbons (Fsp3) is 0.286. The molecule has 0 aliphatic carbocycles. The number of benzene rings is 2. The van der Waals surface area contributed by atoms with Gasteiger partial charge in [0.05, 0.1) is 28.0 Å². The van der Waals surface area contributed by atoms with Gasteiger partial charge in [-0.2, -0.15) is 0 Å². The number of halogens is 1. The van der Waals surface area contributed by atoms with Crippen LogP contribution in [0.15, 0.2) is 58.8 Å². The van der Waals surface area contributed by atoms with Crippen molar-refractivity contribution in [2.45, 2.75) is 23.0 Å². The van der Waals surface area contributed by atoms with Gasteiger partial charge in [-0.15, -0.1) is 11.3 Å². The molecule has 0 N–H and O–H groups in total. The molecule has 2 heterocycles. The highest BCUT2D eigenvalue weighted by atomic mass is 35.5. The molecule has 152 valence electrons. The SMILES string of the molecule is COc1cccc(-c2csc(N3CCC(S(=O)(=O)c4ccccc4Cl)CC3)n2)c1. The molecule has 0 unspecified atom stereocenters. The molecular weight excluding hydrogens is 428 g/mol. The molecule has 2 aromatic carbocycles. The highest BCUT2D eigenvalue weighted by Crippen LogP contribution is 2.33. The molecular formula is C21H21ClN2O3S2. The van der Waals surface area contributed by atoms with Gasteiger partial charge in [-0.1, -0.05) is 35.9 Å². The number of ether oxygens (including phenoxy) is 1. The molecule has 0 bridgehead atoms. The van der Waals surface area contributed by atoms with Gasteiger partial charge < -0.3 is 9.64 Å². The first-order valence-corrected chi connectivity index (χ1v) is 12.1. The molecule has 1 fully saturated rings. The van der Waals surface area contributed by atoms with E-state index in [0.29, 0.717) is 25.9 Å². The molecule has 0 saturated carbocycles. The number of nitrogens with zero attached hydrogens (tertiary/aromatic N) is 2. The smallest absolute Gasteiger partial charge is 0.185 e. The lowest BCUT2D eigenvalue weighted by Gasteiger charge is -2.31. The lowest BCUT2D eigenvalue weighted by Crippen LogP contribution is -2.39. The van der Waals surface area contributed by atoms with Crippen LogP contribution in [0.2, 0.25) is 5.02 Å². The van der Waals surface area contributed by atoms with Crippen LogP contribution in [0.4, 0.5) is 5.13 Å². The van der Waals surface area contributed by atoms with Gasteiger partial charge >= 0.3 is 0 Å². The Morgan fingerprint density at radius 2 is 1.90 bits per heavy atom. The van der Waals surface area contributed by atoms with Gasteiger partial charge in [-0.25, -0.2) is 13.4 Å². The Labute approximate surface area is 179 Å². The third-order valence-corrected chi connectivity index (χ3v) is 8.81. The molecule has 1 aromatic heterocycles. The number of methoxy groups -OCH3 is 1. The maximum atomic E-state index is 13.0. The van der Waals surface area contributed by atoms with E-state index in [4.69, 9.17) is 21.3 Å². The molecule has 1 aliphatic heterocycles. The predicted octanol–water partition coefficient (Wildman–Crippen LogP) is 4.91. The van der Waals surface area contributed by atoms with Crippen molar-refractivity contribution < 1.29 is 13.2 Å². The van der Waals surface area contributed by atoms with Crippen LogP contribution in [-0.4, -0.2) is 38.9 Å². The summed E-state index contributed by atoms with van der Waals surface area (Å²) in [6.45, 7) is 1.30.